The van der Waals surface area contributed by atoms with Gasteiger partial charge in [0.1, 0.15) is 5.82 Å². The Morgan fingerprint density at radius 2 is 2.00 bits per heavy atom. The van der Waals surface area contributed by atoms with Crippen LogP contribution in [0.2, 0.25) is 0 Å². The minimum Gasteiger partial charge on any atom is -0.340 e. The molecule has 0 saturated carbocycles. The molecule has 0 unspecified atom stereocenters. The van der Waals surface area contributed by atoms with Gasteiger partial charge in [0.25, 0.3) is 5.69 Å². The Kier molecular flexibility index (Phi) is 5.83. The molecule has 0 aliphatic carbocycles. The molecule has 146 valence electrons. The Morgan fingerprint density at radius 3 is 2.64 bits per heavy atom. The van der Waals surface area contributed by atoms with Crippen LogP contribution in [0.5, 0.6) is 0 Å². The van der Waals surface area contributed by atoms with E-state index in [4.69, 9.17) is 0 Å². The van der Waals surface area contributed by atoms with Gasteiger partial charge >= 0.3 is 6.03 Å². The zero-order valence-corrected chi connectivity index (χ0v) is 14.9. The van der Waals surface area contributed by atoms with Crippen LogP contribution in [0.1, 0.15) is 24.4 Å². The Hall–Kier alpha value is -3.49. The Labute approximate surface area is 160 Å². The van der Waals surface area contributed by atoms with Gasteiger partial charge in [-0.25, -0.2) is 9.18 Å². The topological polar surface area (TPSA) is 105 Å². The van der Waals surface area contributed by atoms with Crippen molar-refractivity contribution in [2.75, 3.05) is 18.4 Å². The van der Waals surface area contributed by atoms with Crippen LogP contribution in [0.25, 0.3) is 0 Å². The van der Waals surface area contributed by atoms with Gasteiger partial charge in [-0.05, 0) is 18.1 Å². The van der Waals surface area contributed by atoms with E-state index in [2.05, 4.69) is 10.6 Å². The number of hydrogen-bond acceptors (Lipinski definition) is 4. The molecule has 1 fully saturated rings. The maximum absolute atomic E-state index is 13.9. The maximum atomic E-state index is 13.9. The van der Waals surface area contributed by atoms with Crippen molar-refractivity contribution >= 4 is 23.3 Å². The minimum atomic E-state index is -0.785. The predicted octanol–water partition coefficient (Wildman–Crippen LogP) is 3.22. The van der Waals surface area contributed by atoms with E-state index in [1.165, 1.54) is 0 Å². The summed E-state index contributed by atoms with van der Waals surface area (Å²) in [5.74, 6) is -0.764. The first kappa shape index (κ1) is 19.3. The molecule has 8 nitrogen and oxygen atoms in total. The zero-order valence-electron chi connectivity index (χ0n) is 14.9. The number of nitro benzene ring substituents is 1. The fraction of sp³-hybridized carbons (Fsp3) is 0.263. The molecule has 3 amide bonds. The number of benzene rings is 2. The first-order chi connectivity index (χ1) is 13.4. The highest BCUT2D eigenvalue weighted by Gasteiger charge is 2.25. The highest BCUT2D eigenvalue weighted by atomic mass is 19.1. The highest BCUT2D eigenvalue weighted by Crippen LogP contribution is 2.22. The summed E-state index contributed by atoms with van der Waals surface area (Å²) < 4.78 is 13.9. The molecule has 2 aromatic carbocycles. The number of carbonyl (C=O) groups is 2. The smallest absolute Gasteiger partial charge is 0.319 e. The fourth-order valence-corrected chi connectivity index (χ4v) is 3.08. The lowest BCUT2D eigenvalue weighted by atomic mass is 10.1. The molecule has 2 aromatic rings. The van der Waals surface area contributed by atoms with Crippen LogP contribution in [-0.2, 0) is 4.79 Å². The van der Waals surface area contributed by atoms with Crippen LogP contribution in [-0.4, -0.2) is 34.9 Å². The van der Waals surface area contributed by atoms with Crippen molar-refractivity contribution in [1.82, 2.24) is 10.2 Å². The van der Waals surface area contributed by atoms with Gasteiger partial charge in [-0.3, -0.25) is 14.9 Å². The number of non-ortho nitro benzene ring substituents is 1. The van der Waals surface area contributed by atoms with E-state index in [-0.39, 0.29) is 23.8 Å². The molecule has 2 N–H and O–H groups in total. The second kappa shape index (κ2) is 8.47. The number of nitro groups is 1. The summed E-state index contributed by atoms with van der Waals surface area (Å²) in [6.45, 7) is 0.901. The number of urea groups is 1. The lowest BCUT2D eigenvalue weighted by Crippen LogP contribution is -2.40. The first-order valence-electron chi connectivity index (χ1n) is 8.78. The molecule has 0 bridgehead atoms. The van der Waals surface area contributed by atoms with Crippen LogP contribution in [0, 0.1) is 15.9 Å². The number of nitrogens with zero attached hydrogens (tertiary/aromatic N) is 2. The molecule has 1 aliphatic heterocycles. The van der Waals surface area contributed by atoms with Gasteiger partial charge in [-0.1, -0.05) is 30.3 Å². The SMILES string of the molecule is O=C(Nc1cc([N+](=O)[O-])ccc1F)N[C@@H](CN1CCCC1=O)c1ccccc1. The molecule has 1 heterocycles. The summed E-state index contributed by atoms with van der Waals surface area (Å²) in [6.07, 6.45) is 1.25. The highest BCUT2D eigenvalue weighted by molar-refractivity contribution is 5.90. The van der Waals surface area contributed by atoms with Crippen LogP contribution in [0.15, 0.2) is 48.5 Å². The minimum absolute atomic E-state index is 0.0212. The molecule has 3 rings (SSSR count). The van der Waals surface area contributed by atoms with E-state index in [9.17, 15) is 24.1 Å². The van der Waals surface area contributed by atoms with Gasteiger partial charge < -0.3 is 15.5 Å². The monoisotopic (exact) mass is 386 g/mol. The standard InChI is InChI=1S/C19H19FN4O4/c20-15-9-8-14(24(27)28)11-16(15)21-19(26)22-17(13-5-2-1-3-6-13)12-23-10-4-7-18(23)25/h1-3,5-6,8-9,11,17H,4,7,10,12H2,(H2,21,22,26)/t17-/m0/s1. The number of likely N-dealkylation sites (tertiary alicyclic amines) is 1. The van der Waals surface area contributed by atoms with E-state index in [1.54, 1.807) is 4.90 Å². The third-order valence-corrected chi connectivity index (χ3v) is 4.49. The summed E-state index contributed by atoms with van der Waals surface area (Å²) >= 11 is 0. The number of rotatable bonds is 6. The number of anilines is 1. The average Bonchev–Trinajstić information content (AvgIpc) is 3.08. The molecule has 1 atom stereocenters. The van der Waals surface area contributed by atoms with Gasteiger partial charge in [-0.2, -0.15) is 0 Å². The molecule has 1 saturated heterocycles. The lowest BCUT2D eigenvalue weighted by molar-refractivity contribution is -0.384. The largest absolute Gasteiger partial charge is 0.340 e. The average molecular weight is 386 g/mol. The van der Waals surface area contributed by atoms with Crippen molar-refractivity contribution in [3.05, 3.63) is 70.0 Å². The molecule has 0 spiro atoms. The predicted molar refractivity (Wildman–Crippen MR) is 100 cm³/mol. The summed E-state index contributed by atoms with van der Waals surface area (Å²) in [6, 6.07) is 10.8. The summed E-state index contributed by atoms with van der Waals surface area (Å²) in [7, 11) is 0. The van der Waals surface area contributed by atoms with Crippen LogP contribution in [0.3, 0.4) is 0 Å². The quantitative estimate of drug-likeness (QED) is 0.587. The Bertz CT molecular complexity index is 891. The molecule has 0 aromatic heterocycles. The summed E-state index contributed by atoms with van der Waals surface area (Å²) in [5.41, 5.74) is 0.159. The van der Waals surface area contributed by atoms with Crippen molar-refractivity contribution in [3.63, 3.8) is 0 Å². The van der Waals surface area contributed by atoms with Crippen LogP contribution < -0.4 is 10.6 Å². The van der Waals surface area contributed by atoms with Gasteiger partial charge in [0, 0.05) is 31.6 Å². The molecule has 0 radical (unpaired) electrons. The third-order valence-electron chi connectivity index (χ3n) is 4.49. The van der Waals surface area contributed by atoms with Crippen LogP contribution >= 0.6 is 0 Å². The number of carbonyl (C=O) groups excluding carboxylic acids is 2. The van der Waals surface area contributed by atoms with Gasteiger partial charge in [0.2, 0.25) is 5.91 Å². The van der Waals surface area contributed by atoms with E-state index in [1.807, 2.05) is 30.3 Å². The molecular weight excluding hydrogens is 367 g/mol. The number of hydrogen-bond donors (Lipinski definition) is 2. The Morgan fingerprint density at radius 1 is 1.25 bits per heavy atom. The fourth-order valence-electron chi connectivity index (χ4n) is 3.08. The van der Waals surface area contributed by atoms with Gasteiger partial charge in [0.05, 0.1) is 16.7 Å². The van der Waals surface area contributed by atoms with Crippen LogP contribution in [0.4, 0.5) is 20.6 Å². The van der Waals surface area contributed by atoms with Crippen molar-refractivity contribution in [2.45, 2.75) is 18.9 Å². The number of amides is 3. The normalized spacial score (nSPS) is 14.6. The number of halogens is 1. The van der Waals surface area contributed by atoms with Crippen molar-refractivity contribution in [2.24, 2.45) is 0 Å². The summed E-state index contributed by atoms with van der Waals surface area (Å²) in [5, 5.41) is 15.9. The van der Waals surface area contributed by atoms with E-state index < -0.39 is 22.8 Å². The van der Waals surface area contributed by atoms with Crippen molar-refractivity contribution < 1.29 is 18.9 Å². The molecule has 28 heavy (non-hydrogen) atoms. The third kappa shape index (κ3) is 4.61. The van der Waals surface area contributed by atoms with Crippen molar-refractivity contribution in [1.29, 1.82) is 0 Å². The molecule has 9 heteroatoms. The maximum Gasteiger partial charge on any atom is 0.319 e. The van der Waals surface area contributed by atoms with E-state index in [0.29, 0.717) is 13.0 Å². The number of nitrogens with one attached hydrogen (secondary N) is 2. The van der Waals surface area contributed by atoms with Gasteiger partial charge in [-0.15, -0.1) is 0 Å². The first-order valence-corrected chi connectivity index (χ1v) is 8.78. The lowest BCUT2D eigenvalue weighted by Gasteiger charge is -2.25. The van der Waals surface area contributed by atoms with E-state index in [0.717, 1.165) is 30.2 Å². The molecule has 1 aliphatic rings. The van der Waals surface area contributed by atoms with Crippen molar-refractivity contribution in [3.8, 4) is 0 Å². The van der Waals surface area contributed by atoms with E-state index >= 15 is 0 Å². The zero-order chi connectivity index (χ0) is 20.1. The molecular formula is C19H19FN4O4. The second-order valence-electron chi connectivity index (χ2n) is 6.43. The second-order valence-corrected chi connectivity index (χ2v) is 6.43. The van der Waals surface area contributed by atoms with Gasteiger partial charge in [0.15, 0.2) is 0 Å². The summed E-state index contributed by atoms with van der Waals surface area (Å²) in [4.78, 5) is 36.2. The Balaban J connectivity index is 1.75.